The smallest absolute Gasteiger partial charge is 0.244 e. The summed E-state index contributed by atoms with van der Waals surface area (Å²) < 4.78 is 38.1. The number of nitrogens with two attached hydrogens (primary N) is 1. The Bertz CT molecular complexity index is 595. The number of sulfonamides is 1. The Morgan fingerprint density at radius 3 is 2.29 bits per heavy atom. The summed E-state index contributed by atoms with van der Waals surface area (Å²) in [6.45, 7) is 0. The molecule has 1 saturated carbocycles. The molecule has 2 rings (SSSR count). The van der Waals surface area contributed by atoms with Gasteiger partial charge in [0.25, 0.3) is 0 Å². The van der Waals surface area contributed by atoms with Crippen LogP contribution in [0.25, 0.3) is 0 Å². The van der Waals surface area contributed by atoms with E-state index in [9.17, 15) is 8.42 Å². The first kappa shape index (κ1) is 15.9. The van der Waals surface area contributed by atoms with Crippen LogP contribution in [0.2, 0.25) is 0 Å². The van der Waals surface area contributed by atoms with Crippen molar-refractivity contribution in [2.24, 2.45) is 0 Å². The summed E-state index contributed by atoms with van der Waals surface area (Å²) in [4.78, 5) is 0.0499. The highest BCUT2D eigenvalue weighted by Gasteiger charge is 2.26. The van der Waals surface area contributed by atoms with E-state index in [2.05, 4.69) is 4.72 Å². The molecule has 0 aliphatic heterocycles. The Hall–Kier alpha value is -1.47. The highest BCUT2D eigenvalue weighted by Crippen LogP contribution is 2.34. The molecule has 0 unspecified atom stereocenters. The molecule has 0 atom stereocenters. The van der Waals surface area contributed by atoms with E-state index >= 15 is 0 Å². The van der Waals surface area contributed by atoms with E-state index in [1.807, 2.05) is 0 Å². The summed E-state index contributed by atoms with van der Waals surface area (Å²) in [6.07, 6.45) is 5.00. The Kier molecular flexibility index (Phi) is 4.95. The lowest BCUT2D eigenvalue weighted by molar-refractivity contribution is 0.385. The van der Waals surface area contributed by atoms with Crippen molar-refractivity contribution in [1.29, 1.82) is 0 Å². The molecular formula is C14H22N2O4S. The van der Waals surface area contributed by atoms with E-state index in [0.29, 0.717) is 5.75 Å². The average molecular weight is 314 g/mol. The van der Waals surface area contributed by atoms with Crippen LogP contribution in [0.1, 0.15) is 32.1 Å². The number of hydrogen-bond acceptors (Lipinski definition) is 5. The minimum absolute atomic E-state index is 0.0169. The highest BCUT2D eigenvalue weighted by molar-refractivity contribution is 7.89. The standard InChI is InChI=1S/C14H22N2O4S/c1-19-12-9-13(20-2)14(8-11(12)15)21(17,18)16-10-6-4-3-5-7-10/h8-10,16H,3-7,15H2,1-2H3. The van der Waals surface area contributed by atoms with Gasteiger partial charge in [-0.15, -0.1) is 0 Å². The van der Waals surface area contributed by atoms with Gasteiger partial charge in [0.1, 0.15) is 16.4 Å². The first-order chi connectivity index (χ1) is 9.97. The predicted molar refractivity (Wildman–Crippen MR) is 81.2 cm³/mol. The topological polar surface area (TPSA) is 90.6 Å². The van der Waals surface area contributed by atoms with E-state index in [4.69, 9.17) is 15.2 Å². The molecule has 6 nitrogen and oxygen atoms in total. The van der Waals surface area contributed by atoms with Crippen molar-refractivity contribution in [3.63, 3.8) is 0 Å². The molecule has 1 aromatic rings. The number of anilines is 1. The SMILES string of the molecule is COc1cc(OC)c(S(=O)(=O)NC2CCCCC2)cc1N. The summed E-state index contributed by atoms with van der Waals surface area (Å²) in [5, 5.41) is 0. The largest absolute Gasteiger partial charge is 0.495 e. The zero-order chi connectivity index (χ0) is 15.5. The Balaban J connectivity index is 2.32. The second kappa shape index (κ2) is 6.53. The summed E-state index contributed by atoms with van der Waals surface area (Å²) in [6, 6.07) is 2.85. The maximum absolute atomic E-state index is 12.5. The van der Waals surface area contributed by atoms with Gasteiger partial charge in [-0.05, 0) is 18.9 Å². The Morgan fingerprint density at radius 2 is 1.71 bits per heavy atom. The van der Waals surface area contributed by atoms with Crippen LogP contribution in [0.5, 0.6) is 11.5 Å². The average Bonchev–Trinajstić information content (AvgIpc) is 2.47. The number of hydrogen-bond donors (Lipinski definition) is 2. The van der Waals surface area contributed by atoms with E-state index in [-0.39, 0.29) is 22.4 Å². The maximum atomic E-state index is 12.5. The van der Waals surface area contributed by atoms with Crippen molar-refractivity contribution in [2.75, 3.05) is 20.0 Å². The fraction of sp³-hybridized carbons (Fsp3) is 0.571. The van der Waals surface area contributed by atoms with Crippen LogP contribution in [-0.4, -0.2) is 28.7 Å². The van der Waals surface area contributed by atoms with E-state index < -0.39 is 10.0 Å². The van der Waals surface area contributed by atoms with Crippen molar-refractivity contribution in [1.82, 2.24) is 4.72 Å². The predicted octanol–water partition coefficient (Wildman–Crippen LogP) is 1.90. The molecule has 0 bridgehead atoms. The maximum Gasteiger partial charge on any atom is 0.244 e. The molecule has 1 aliphatic rings. The van der Waals surface area contributed by atoms with Gasteiger partial charge >= 0.3 is 0 Å². The van der Waals surface area contributed by atoms with Crippen LogP contribution in [0.3, 0.4) is 0 Å². The molecule has 3 N–H and O–H groups in total. The molecular weight excluding hydrogens is 292 g/mol. The molecule has 1 fully saturated rings. The number of methoxy groups -OCH3 is 2. The number of nitrogen functional groups attached to an aromatic ring is 1. The summed E-state index contributed by atoms with van der Waals surface area (Å²) in [5.74, 6) is 0.618. The monoisotopic (exact) mass is 314 g/mol. The van der Waals surface area contributed by atoms with Gasteiger partial charge in [0.2, 0.25) is 10.0 Å². The normalized spacial score (nSPS) is 16.7. The minimum Gasteiger partial charge on any atom is -0.495 e. The number of nitrogens with one attached hydrogen (secondary N) is 1. The van der Waals surface area contributed by atoms with Crippen molar-refractivity contribution in [3.8, 4) is 11.5 Å². The third-order valence-corrected chi connectivity index (χ3v) is 5.27. The molecule has 0 saturated heterocycles. The molecule has 0 aromatic heterocycles. The lowest BCUT2D eigenvalue weighted by atomic mass is 9.96. The molecule has 0 heterocycles. The van der Waals surface area contributed by atoms with Gasteiger partial charge in [-0.2, -0.15) is 0 Å². The zero-order valence-electron chi connectivity index (χ0n) is 12.4. The molecule has 0 amide bonds. The number of benzene rings is 1. The lowest BCUT2D eigenvalue weighted by Crippen LogP contribution is -2.36. The second-order valence-electron chi connectivity index (χ2n) is 5.20. The summed E-state index contributed by atoms with van der Waals surface area (Å²) in [5.41, 5.74) is 6.08. The third-order valence-electron chi connectivity index (χ3n) is 3.73. The Labute approximate surface area is 125 Å². The quantitative estimate of drug-likeness (QED) is 0.810. The summed E-state index contributed by atoms with van der Waals surface area (Å²) >= 11 is 0. The highest BCUT2D eigenvalue weighted by atomic mass is 32.2. The van der Waals surface area contributed by atoms with E-state index in [0.717, 1.165) is 32.1 Å². The molecule has 21 heavy (non-hydrogen) atoms. The number of rotatable bonds is 5. The second-order valence-corrected chi connectivity index (χ2v) is 6.88. The first-order valence-electron chi connectivity index (χ1n) is 7.01. The van der Waals surface area contributed by atoms with Crippen LogP contribution in [0.15, 0.2) is 17.0 Å². The van der Waals surface area contributed by atoms with Crippen LogP contribution < -0.4 is 19.9 Å². The molecule has 7 heteroatoms. The number of ether oxygens (including phenoxy) is 2. The lowest BCUT2D eigenvalue weighted by Gasteiger charge is -2.23. The van der Waals surface area contributed by atoms with Crippen LogP contribution in [0, 0.1) is 0 Å². The summed E-state index contributed by atoms with van der Waals surface area (Å²) in [7, 11) is -0.768. The molecule has 118 valence electrons. The van der Waals surface area contributed by atoms with E-state index in [1.165, 1.54) is 26.4 Å². The van der Waals surface area contributed by atoms with Crippen molar-refractivity contribution in [3.05, 3.63) is 12.1 Å². The van der Waals surface area contributed by atoms with Crippen LogP contribution in [0.4, 0.5) is 5.69 Å². The molecule has 0 radical (unpaired) electrons. The van der Waals surface area contributed by atoms with E-state index in [1.54, 1.807) is 0 Å². The molecule has 1 aliphatic carbocycles. The van der Waals surface area contributed by atoms with Gasteiger partial charge < -0.3 is 15.2 Å². The van der Waals surface area contributed by atoms with Crippen LogP contribution >= 0.6 is 0 Å². The van der Waals surface area contributed by atoms with Gasteiger partial charge in [0, 0.05) is 12.1 Å². The van der Waals surface area contributed by atoms with Gasteiger partial charge in [-0.25, -0.2) is 13.1 Å². The van der Waals surface area contributed by atoms with Gasteiger partial charge in [0.15, 0.2) is 0 Å². The van der Waals surface area contributed by atoms with Crippen molar-refractivity contribution >= 4 is 15.7 Å². The van der Waals surface area contributed by atoms with Gasteiger partial charge in [-0.1, -0.05) is 19.3 Å². The van der Waals surface area contributed by atoms with Gasteiger partial charge in [0.05, 0.1) is 19.9 Å². The fourth-order valence-electron chi connectivity index (χ4n) is 2.61. The first-order valence-corrected chi connectivity index (χ1v) is 8.50. The molecule has 1 aromatic carbocycles. The van der Waals surface area contributed by atoms with Crippen molar-refractivity contribution in [2.45, 2.75) is 43.0 Å². The molecule has 0 spiro atoms. The van der Waals surface area contributed by atoms with Gasteiger partial charge in [-0.3, -0.25) is 0 Å². The van der Waals surface area contributed by atoms with Crippen molar-refractivity contribution < 1.29 is 17.9 Å². The minimum atomic E-state index is -3.66. The Morgan fingerprint density at radius 1 is 1.10 bits per heavy atom. The van der Waals surface area contributed by atoms with Crippen LogP contribution in [-0.2, 0) is 10.0 Å². The zero-order valence-corrected chi connectivity index (χ0v) is 13.2. The fourth-order valence-corrected chi connectivity index (χ4v) is 4.10. The third kappa shape index (κ3) is 3.59.